The second-order valence-corrected chi connectivity index (χ2v) is 8.18. The van der Waals surface area contributed by atoms with E-state index in [1.807, 2.05) is 18.3 Å². The molecule has 2 rings (SSSR count). The Morgan fingerprint density at radius 3 is 2.43 bits per heavy atom. The van der Waals surface area contributed by atoms with E-state index in [1.165, 1.54) is 10.4 Å². The van der Waals surface area contributed by atoms with Crippen LogP contribution in [-0.4, -0.2) is 17.1 Å². The lowest BCUT2D eigenvalue weighted by Gasteiger charge is -2.25. The van der Waals surface area contributed by atoms with Gasteiger partial charge in [0.2, 0.25) is 0 Å². The Hall–Kier alpha value is -0.900. The van der Waals surface area contributed by atoms with Gasteiger partial charge in [-0.05, 0) is 51.8 Å². The Labute approximate surface area is 136 Å². The number of aryl methyl sites for hydroxylation is 1. The largest absolute Gasteiger partial charge is 0.311 e. The summed E-state index contributed by atoms with van der Waals surface area (Å²) >= 11 is 7.79. The highest BCUT2D eigenvalue weighted by Gasteiger charge is 2.17. The zero-order chi connectivity index (χ0) is 15.5. The molecule has 0 aliphatic carbocycles. The van der Waals surface area contributed by atoms with E-state index in [4.69, 9.17) is 11.6 Å². The first-order valence-electron chi connectivity index (χ1n) is 7.25. The molecule has 1 unspecified atom stereocenters. The fourth-order valence-electron chi connectivity index (χ4n) is 2.21. The Morgan fingerprint density at radius 2 is 1.90 bits per heavy atom. The van der Waals surface area contributed by atoms with Gasteiger partial charge in [-0.25, -0.2) is 4.98 Å². The topological polar surface area (TPSA) is 24.9 Å². The summed E-state index contributed by atoms with van der Waals surface area (Å²) in [5.74, 6) is 0.432. The minimum Gasteiger partial charge on any atom is -0.311 e. The summed E-state index contributed by atoms with van der Waals surface area (Å²) in [5.41, 5.74) is 1.44. The predicted molar refractivity (Wildman–Crippen MR) is 92.5 cm³/mol. The number of aromatic nitrogens is 1. The monoisotopic (exact) mass is 322 g/mol. The Morgan fingerprint density at radius 1 is 1.24 bits per heavy atom. The predicted octanol–water partition coefficient (Wildman–Crippen LogP) is 4.82. The van der Waals surface area contributed by atoms with Crippen LogP contribution in [0.1, 0.15) is 42.1 Å². The Bertz CT molecular complexity index is 569. The molecule has 1 atom stereocenters. The molecule has 0 saturated heterocycles. The molecule has 1 N–H and O–H groups in total. The van der Waals surface area contributed by atoms with E-state index in [9.17, 15) is 0 Å². The van der Waals surface area contributed by atoms with Gasteiger partial charge in [-0.2, -0.15) is 0 Å². The van der Waals surface area contributed by atoms with E-state index in [1.54, 1.807) is 11.3 Å². The maximum Gasteiger partial charge on any atom is 0.0896 e. The molecule has 0 aliphatic heterocycles. The van der Waals surface area contributed by atoms with Crippen molar-refractivity contribution in [3.63, 3.8) is 0 Å². The van der Waals surface area contributed by atoms with Gasteiger partial charge in [0, 0.05) is 34.1 Å². The van der Waals surface area contributed by atoms with Crippen LogP contribution >= 0.6 is 22.9 Å². The summed E-state index contributed by atoms with van der Waals surface area (Å²) in [6.45, 7) is 9.59. The van der Waals surface area contributed by atoms with E-state index in [0.717, 1.165) is 23.0 Å². The lowest BCUT2D eigenvalue weighted by atomic mass is 9.94. The molecule has 0 fully saturated rings. The van der Waals surface area contributed by atoms with Crippen LogP contribution in [0, 0.1) is 6.92 Å². The van der Waals surface area contributed by atoms with Gasteiger partial charge in [0.15, 0.2) is 0 Å². The van der Waals surface area contributed by atoms with Gasteiger partial charge >= 0.3 is 0 Å². The summed E-state index contributed by atoms with van der Waals surface area (Å²) < 4.78 is 0. The fourth-order valence-corrected chi connectivity index (χ4v) is 3.22. The highest BCUT2D eigenvalue weighted by Crippen LogP contribution is 2.25. The number of nitrogens with one attached hydrogen (secondary N) is 1. The zero-order valence-electron chi connectivity index (χ0n) is 13.1. The van der Waals surface area contributed by atoms with Crippen LogP contribution in [0.15, 0.2) is 30.5 Å². The number of rotatable bonds is 5. The number of hydrogen-bond acceptors (Lipinski definition) is 3. The summed E-state index contributed by atoms with van der Waals surface area (Å²) in [5, 5.41) is 5.53. The van der Waals surface area contributed by atoms with Crippen LogP contribution in [0.4, 0.5) is 0 Å². The second kappa shape index (κ2) is 6.91. The average molecular weight is 323 g/mol. The van der Waals surface area contributed by atoms with Gasteiger partial charge in [0.1, 0.15) is 0 Å². The first-order chi connectivity index (χ1) is 9.83. The summed E-state index contributed by atoms with van der Waals surface area (Å²) in [6.07, 6.45) is 3.01. The van der Waals surface area contributed by atoms with Crippen LogP contribution < -0.4 is 5.32 Å². The van der Waals surface area contributed by atoms with Crippen molar-refractivity contribution in [2.45, 2.75) is 45.6 Å². The molecule has 0 amide bonds. The van der Waals surface area contributed by atoms with Crippen molar-refractivity contribution in [1.29, 1.82) is 0 Å². The van der Waals surface area contributed by atoms with E-state index in [2.05, 4.69) is 50.1 Å². The van der Waals surface area contributed by atoms with Gasteiger partial charge in [-0.3, -0.25) is 0 Å². The molecule has 114 valence electrons. The number of halogens is 1. The maximum atomic E-state index is 6.01. The van der Waals surface area contributed by atoms with E-state index in [0.29, 0.717) is 5.92 Å². The van der Waals surface area contributed by atoms with Gasteiger partial charge in [-0.15, -0.1) is 11.3 Å². The summed E-state index contributed by atoms with van der Waals surface area (Å²) in [7, 11) is 0. The van der Waals surface area contributed by atoms with Gasteiger partial charge in [-0.1, -0.05) is 23.7 Å². The molecule has 0 aliphatic rings. The molecule has 0 spiro atoms. The quantitative estimate of drug-likeness (QED) is 0.853. The number of benzene rings is 1. The Balaban J connectivity index is 2.15. The minimum atomic E-state index is 0.119. The number of thiazole rings is 1. The lowest BCUT2D eigenvalue weighted by Crippen LogP contribution is -2.39. The highest BCUT2D eigenvalue weighted by atomic mass is 35.5. The first kappa shape index (κ1) is 16.5. The van der Waals surface area contributed by atoms with Crippen molar-refractivity contribution in [2.75, 3.05) is 6.54 Å². The van der Waals surface area contributed by atoms with E-state index >= 15 is 0 Å². The normalized spacial score (nSPS) is 13.4. The lowest BCUT2D eigenvalue weighted by molar-refractivity contribution is 0.405. The number of hydrogen-bond donors (Lipinski definition) is 1. The van der Waals surface area contributed by atoms with Crippen LogP contribution in [0.2, 0.25) is 5.02 Å². The molecular weight excluding hydrogens is 300 g/mol. The van der Waals surface area contributed by atoms with Gasteiger partial charge in [0.05, 0.1) is 5.01 Å². The zero-order valence-corrected chi connectivity index (χ0v) is 14.7. The van der Waals surface area contributed by atoms with Crippen LogP contribution in [0.25, 0.3) is 0 Å². The van der Waals surface area contributed by atoms with Crippen molar-refractivity contribution in [3.8, 4) is 0 Å². The summed E-state index contributed by atoms with van der Waals surface area (Å²) in [6, 6.07) is 8.20. The van der Waals surface area contributed by atoms with Crippen LogP contribution in [0.5, 0.6) is 0 Å². The molecule has 2 aromatic rings. The molecule has 1 aromatic carbocycles. The maximum absolute atomic E-state index is 6.01. The van der Waals surface area contributed by atoms with Crippen LogP contribution in [0.3, 0.4) is 0 Å². The van der Waals surface area contributed by atoms with E-state index in [-0.39, 0.29) is 5.54 Å². The standard InChI is InChI=1S/C17H23ClN2S/c1-12-19-11-16(21-12)9-14(10-20-17(2,3)4)13-5-7-15(18)8-6-13/h5-8,11,14,20H,9-10H2,1-4H3. The van der Waals surface area contributed by atoms with Crippen molar-refractivity contribution >= 4 is 22.9 Å². The minimum absolute atomic E-state index is 0.119. The average Bonchev–Trinajstić information content (AvgIpc) is 2.80. The molecule has 1 aromatic heterocycles. The third-order valence-corrected chi connectivity index (χ3v) is 4.52. The molecular formula is C17H23ClN2S. The SMILES string of the molecule is Cc1ncc(CC(CNC(C)(C)C)c2ccc(Cl)cc2)s1. The van der Waals surface area contributed by atoms with E-state index < -0.39 is 0 Å². The first-order valence-corrected chi connectivity index (χ1v) is 8.45. The molecule has 21 heavy (non-hydrogen) atoms. The number of nitrogens with zero attached hydrogens (tertiary/aromatic N) is 1. The van der Waals surface area contributed by atoms with Crippen molar-refractivity contribution in [3.05, 3.63) is 50.9 Å². The molecule has 4 heteroatoms. The fraction of sp³-hybridized carbons (Fsp3) is 0.471. The molecule has 1 heterocycles. The Kier molecular flexibility index (Phi) is 5.42. The van der Waals surface area contributed by atoms with Crippen molar-refractivity contribution < 1.29 is 0 Å². The van der Waals surface area contributed by atoms with Crippen molar-refractivity contribution in [2.24, 2.45) is 0 Å². The smallest absolute Gasteiger partial charge is 0.0896 e. The molecule has 2 nitrogen and oxygen atoms in total. The molecule has 0 saturated carbocycles. The summed E-state index contributed by atoms with van der Waals surface area (Å²) in [4.78, 5) is 5.70. The molecule has 0 radical (unpaired) electrons. The van der Waals surface area contributed by atoms with Gasteiger partial charge < -0.3 is 5.32 Å². The second-order valence-electron chi connectivity index (χ2n) is 6.43. The third-order valence-electron chi connectivity index (χ3n) is 3.34. The highest BCUT2D eigenvalue weighted by molar-refractivity contribution is 7.11. The van der Waals surface area contributed by atoms with Crippen molar-refractivity contribution in [1.82, 2.24) is 10.3 Å². The third kappa shape index (κ3) is 5.42. The van der Waals surface area contributed by atoms with Gasteiger partial charge in [0.25, 0.3) is 0 Å². The molecule has 0 bridgehead atoms. The van der Waals surface area contributed by atoms with Crippen LogP contribution in [-0.2, 0) is 6.42 Å².